The van der Waals surface area contributed by atoms with E-state index in [-0.39, 0.29) is 18.4 Å². The van der Waals surface area contributed by atoms with Gasteiger partial charge in [0.1, 0.15) is 0 Å². The first kappa shape index (κ1) is 22.4. The molecule has 1 aliphatic carbocycles. The fraction of sp³-hybridized carbons (Fsp3) is 0.500. The lowest BCUT2D eigenvalue weighted by Crippen LogP contribution is -2.41. The molecule has 0 aliphatic heterocycles. The van der Waals surface area contributed by atoms with Crippen LogP contribution in [0.1, 0.15) is 62.5 Å². The fourth-order valence-electron chi connectivity index (χ4n) is 3.60. The van der Waals surface area contributed by atoms with Crippen molar-refractivity contribution in [3.8, 4) is 0 Å². The zero-order chi connectivity index (χ0) is 20.4. The van der Waals surface area contributed by atoms with Gasteiger partial charge in [-0.05, 0) is 56.6 Å². The summed E-state index contributed by atoms with van der Waals surface area (Å²) < 4.78 is 27.9. The summed E-state index contributed by atoms with van der Waals surface area (Å²) in [5, 5.41) is 9.91. The smallest absolute Gasteiger partial charge is 0.303 e. The second-order valence-corrected chi connectivity index (χ2v) is 9.12. The Labute approximate surface area is 168 Å². The molecule has 6 heteroatoms. The van der Waals surface area contributed by atoms with E-state index in [0.717, 1.165) is 49.7 Å². The number of sulfonamides is 1. The monoisotopic (exact) mass is 405 g/mol. The van der Waals surface area contributed by atoms with E-state index in [4.69, 9.17) is 5.11 Å². The van der Waals surface area contributed by atoms with Crippen molar-refractivity contribution in [2.24, 2.45) is 5.92 Å². The fourth-order valence-corrected chi connectivity index (χ4v) is 4.74. The number of nitrogens with one attached hydrogen (secondary N) is 1. The highest BCUT2D eigenvalue weighted by Gasteiger charge is 2.27. The van der Waals surface area contributed by atoms with E-state index in [1.54, 1.807) is 6.08 Å². The first-order valence-corrected chi connectivity index (χ1v) is 11.5. The first-order valence-electron chi connectivity index (χ1n) is 9.99. The predicted octanol–water partition coefficient (Wildman–Crippen LogP) is 4.65. The normalized spacial score (nSPS) is 20.8. The van der Waals surface area contributed by atoms with Crippen LogP contribution in [-0.4, -0.2) is 25.5 Å². The SMILES string of the molecule is Cc1cccc(/C=C/S(=O)(=O)NC2CCCCC2C/C=C/CCCC(=O)O)c1. The number of carboxylic acids is 1. The van der Waals surface area contributed by atoms with Gasteiger partial charge in [-0.1, -0.05) is 54.8 Å². The molecule has 0 heterocycles. The van der Waals surface area contributed by atoms with E-state index in [1.807, 2.05) is 37.3 Å². The third kappa shape index (κ3) is 8.40. The van der Waals surface area contributed by atoms with Crippen LogP contribution in [0.15, 0.2) is 41.8 Å². The summed E-state index contributed by atoms with van der Waals surface area (Å²) in [6.07, 6.45) is 12.1. The van der Waals surface area contributed by atoms with E-state index in [9.17, 15) is 13.2 Å². The Balaban J connectivity index is 1.89. The second-order valence-electron chi connectivity index (χ2n) is 7.52. The van der Waals surface area contributed by atoms with Crippen LogP contribution in [-0.2, 0) is 14.8 Å². The Morgan fingerprint density at radius 2 is 2.04 bits per heavy atom. The molecule has 2 N–H and O–H groups in total. The van der Waals surface area contributed by atoms with Crippen molar-refractivity contribution in [2.75, 3.05) is 0 Å². The van der Waals surface area contributed by atoms with E-state index in [0.29, 0.717) is 6.42 Å². The maximum Gasteiger partial charge on any atom is 0.303 e. The molecule has 0 saturated heterocycles. The summed E-state index contributed by atoms with van der Waals surface area (Å²) in [6, 6.07) is 7.67. The zero-order valence-electron chi connectivity index (χ0n) is 16.5. The Bertz CT molecular complexity index is 799. The third-order valence-electron chi connectivity index (χ3n) is 5.07. The maximum absolute atomic E-state index is 12.5. The Hall–Kier alpha value is -1.92. The molecule has 5 nitrogen and oxygen atoms in total. The molecule has 2 unspecified atom stereocenters. The van der Waals surface area contributed by atoms with Crippen molar-refractivity contribution in [3.63, 3.8) is 0 Å². The summed E-state index contributed by atoms with van der Waals surface area (Å²) in [7, 11) is -3.49. The number of hydrogen-bond donors (Lipinski definition) is 2. The van der Waals surface area contributed by atoms with Crippen molar-refractivity contribution in [3.05, 3.63) is 53.0 Å². The molecule has 2 atom stereocenters. The highest BCUT2D eigenvalue weighted by molar-refractivity contribution is 7.92. The molecule has 2 rings (SSSR count). The van der Waals surface area contributed by atoms with Gasteiger partial charge < -0.3 is 5.11 Å². The molecule has 1 saturated carbocycles. The number of aryl methyl sites for hydroxylation is 1. The van der Waals surface area contributed by atoms with Crippen LogP contribution in [0.5, 0.6) is 0 Å². The van der Waals surface area contributed by atoms with Crippen LogP contribution in [0.2, 0.25) is 0 Å². The highest BCUT2D eigenvalue weighted by Crippen LogP contribution is 2.28. The lowest BCUT2D eigenvalue weighted by Gasteiger charge is -2.31. The average molecular weight is 406 g/mol. The molecular weight excluding hydrogens is 374 g/mol. The third-order valence-corrected chi connectivity index (χ3v) is 6.20. The van der Waals surface area contributed by atoms with Gasteiger partial charge in [0.05, 0.1) is 0 Å². The van der Waals surface area contributed by atoms with Crippen molar-refractivity contribution < 1.29 is 18.3 Å². The number of benzene rings is 1. The van der Waals surface area contributed by atoms with Crippen molar-refractivity contribution in [2.45, 2.75) is 64.3 Å². The molecule has 0 amide bonds. The minimum Gasteiger partial charge on any atom is -0.481 e. The predicted molar refractivity (Wildman–Crippen MR) is 113 cm³/mol. The van der Waals surface area contributed by atoms with E-state index < -0.39 is 16.0 Å². The van der Waals surface area contributed by atoms with Gasteiger partial charge in [-0.25, -0.2) is 13.1 Å². The van der Waals surface area contributed by atoms with Gasteiger partial charge in [0.2, 0.25) is 10.0 Å². The molecule has 0 bridgehead atoms. The van der Waals surface area contributed by atoms with Crippen LogP contribution >= 0.6 is 0 Å². The zero-order valence-corrected chi connectivity index (χ0v) is 17.3. The van der Waals surface area contributed by atoms with E-state index in [1.165, 1.54) is 5.41 Å². The minimum absolute atomic E-state index is 0.0513. The standard InChI is InChI=1S/C22H31NO4S/c1-18-9-8-10-19(17-18)15-16-28(26,27)23-21-13-7-6-12-20(21)11-4-2-3-5-14-22(24)25/h2,4,8-10,15-17,20-21,23H,3,5-7,11-14H2,1H3,(H,24,25)/b4-2+,16-15+. The summed E-state index contributed by atoms with van der Waals surface area (Å²) in [5.41, 5.74) is 1.96. The first-order chi connectivity index (χ1) is 13.4. The second kappa shape index (κ2) is 11.2. The van der Waals surface area contributed by atoms with Gasteiger partial charge in [-0.3, -0.25) is 4.79 Å². The number of hydrogen-bond acceptors (Lipinski definition) is 3. The quantitative estimate of drug-likeness (QED) is 0.438. The lowest BCUT2D eigenvalue weighted by atomic mass is 9.83. The molecule has 1 aliphatic rings. The molecule has 0 radical (unpaired) electrons. The Morgan fingerprint density at radius 3 is 2.79 bits per heavy atom. The van der Waals surface area contributed by atoms with Crippen LogP contribution < -0.4 is 4.72 Å². The van der Waals surface area contributed by atoms with Gasteiger partial charge in [-0.2, -0.15) is 0 Å². The Morgan fingerprint density at radius 1 is 1.25 bits per heavy atom. The molecule has 154 valence electrons. The van der Waals surface area contributed by atoms with Crippen LogP contribution in [0.4, 0.5) is 0 Å². The summed E-state index contributed by atoms with van der Waals surface area (Å²) in [4.78, 5) is 10.5. The molecule has 1 fully saturated rings. The number of unbranched alkanes of at least 4 members (excludes halogenated alkanes) is 1. The van der Waals surface area contributed by atoms with Gasteiger partial charge >= 0.3 is 5.97 Å². The molecule has 1 aromatic rings. The van der Waals surface area contributed by atoms with Crippen molar-refractivity contribution >= 4 is 22.1 Å². The van der Waals surface area contributed by atoms with Gasteiger partial charge in [-0.15, -0.1) is 0 Å². The Kier molecular flexibility index (Phi) is 8.93. The van der Waals surface area contributed by atoms with Crippen molar-refractivity contribution in [1.29, 1.82) is 0 Å². The minimum atomic E-state index is -3.49. The lowest BCUT2D eigenvalue weighted by molar-refractivity contribution is -0.137. The highest BCUT2D eigenvalue weighted by atomic mass is 32.2. The largest absolute Gasteiger partial charge is 0.481 e. The average Bonchev–Trinajstić information content (AvgIpc) is 2.64. The number of rotatable bonds is 10. The molecule has 28 heavy (non-hydrogen) atoms. The number of carbonyl (C=O) groups is 1. The molecular formula is C22H31NO4S. The molecule has 0 spiro atoms. The molecule has 0 aromatic heterocycles. The van der Waals surface area contributed by atoms with Gasteiger partial charge in [0.15, 0.2) is 0 Å². The number of carboxylic acid groups (broad SMARTS) is 1. The van der Waals surface area contributed by atoms with E-state index in [2.05, 4.69) is 10.8 Å². The number of aliphatic carboxylic acids is 1. The van der Waals surface area contributed by atoms with Crippen LogP contribution in [0, 0.1) is 12.8 Å². The topological polar surface area (TPSA) is 83.5 Å². The van der Waals surface area contributed by atoms with Gasteiger partial charge in [0, 0.05) is 17.9 Å². The summed E-state index contributed by atoms with van der Waals surface area (Å²) >= 11 is 0. The summed E-state index contributed by atoms with van der Waals surface area (Å²) in [5.74, 6) is -0.486. The van der Waals surface area contributed by atoms with Crippen LogP contribution in [0.25, 0.3) is 6.08 Å². The van der Waals surface area contributed by atoms with Crippen LogP contribution in [0.3, 0.4) is 0 Å². The molecule has 1 aromatic carbocycles. The van der Waals surface area contributed by atoms with Crippen molar-refractivity contribution in [1.82, 2.24) is 4.72 Å². The van der Waals surface area contributed by atoms with Gasteiger partial charge in [0.25, 0.3) is 0 Å². The summed E-state index contributed by atoms with van der Waals surface area (Å²) in [6.45, 7) is 1.98. The maximum atomic E-state index is 12.5. The van der Waals surface area contributed by atoms with E-state index >= 15 is 0 Å². The number of allylic oxidation sites excluding steroid dienone is 2.